The van der Waals surface area contributed by atoms with Crippen LogP contribution in [0, 0.1) is 24.0 Å². The largest absolute Gasteiger partial charge is 0.481 e. The lowest BCUT2D eigenvalue weighted by molar-refractivity contribution is -0.384. The van der Waals surface area contributed by atoms with Gasteiger partial charge in [0, 0.05) is 18.5 Å². The summed E-state index contributed by atoms with van der Waals surface area (Å²) in [5.41, 5.74) is 2.27. The zero-order valence-electron chi connectivity index (χ0n) is 11.3. The molecule has 0 aliphatic carbocycles. The Hall–Kier alpha value is -2.11. The fraction of sp³-hybridized carbons (Fsp3) is 0.462. The van der Waals surface area contributed by atoms with Crippen molar-refractivity contribution in [3.63, 3.8) is 0 Å². The van der Waals surface area contributed by atoms with Gasteiger partial charge in [-0.2, -0.15) is 0 Å². The molecule has 1 aromatic carbocycles. The molecule has 0 radical (unpaired) electrons. The van der Waals surface area contributed by atoms with Crippen molar-refractivity contribution in [3.05, 3.63) is 33.4 Å². The highest BCUT2D eigenvalue weighted by Crippen LogP contribution is 2.28. The van der Waals surface area contributed by atoms with Crippen LogP contribution < -0.4 is 5.32 Å². The van der Waals surface area contributed by atoms with E-state index in [4.69, 9.17) is 5.11 Å². The third-order valence-electron chi connectivity index (χ3n) is 3.00. The Bertz CT molecular complexity index is 500. The number of nitro benzene ring substituents is 1. The summed E-state index contributed by atoms with van der Waals surface area (Å²) in [6.45, 7) is 5.51. The molecule has 104 valence electrons. The Labute approximate surface area is 111 Å². The van der Waals surface area contributed by atoms with Gasteiger partial charge in [-0.15, -0.1) is 0 Å². The van der Waals surface area contributed by atoms with E-state index in [-0.39, 0.29) is 18.2 Å². The van der Waals surface area contributed by atoms with Crippen molar-refractivity contribution in [1.82, 2.24) is 0 Å². The summed E-state index contributed by atoms with van der Waals surface area (Å²) >= 11 is 0. The van der Waals surface area contributed by atoms with Crippen LogP contribution in [-0.4, -0.2) is 22.0 Å². The van der Waals surface area contributed by atoms with E-state index in [0.29, 0.717) is 12.1 Å². The molecular weight excluding hydrogens is 248 g/mol. The minimum absolute atomic E-state index is 0.0188. The van der Waals surface area contributed by atoms with E-state index in [1.54, 1.807) is 6.07 Å². The summed E-state index contributed by atoms with van der Waals surface area (Å²) < 4.78 is 0. The molecule has 0 aliphatic rings. The molecule has 1 atom stereocenters. The molecule has 0 spiro atoms. The van der Waals surface area contributed by atoms with Gasteiger partial charge >= 0.3 is 5.97 Å². The van der Waals surface area contributed by atoms with Crippen molar-refractivity contribution >= 4 is 17.3 Å². The maximum atomic E-state index is 11.0. The van der Waals surface area contributed by atoms with E-state index < -0.39 is 10.9 Å². The van der Waals surface area contributed by atoms with Crippen LogP contribution in [0.1, 0.15) is 30.9 Å². The topological polar surface area (TPSA) is 92.5 Å². The number of nitrogens with one attached hydrogen (secondary N) is 1. The Balaban J connectivity index is 2.90. The van der Waals surface area contributed by atoms with Crippen LogP contribution in [0.3, 0.4) is 0 Å². The Kier molecular flexibility index (Phi) is 4.86. The summed E-state index contributed by atoms with van der Waals surface area (Å²) in [6.07, 6.45) is 0.451. The second-order valence-corrected chi connectivity index (χ2v) is 4.69. The fourth-order valence-corrected chi connectivity index (χ4v) is 1.75. The van der Waals surface area contributed by atoms with Crippen LogP contribution in [0.15, 0.2) is 12.1 Å². The third-order valence-corrected chi connectivity index (χ3v) is 3.00. The summed E-state index contributed by atoms with van der Waals surface area (Å²) in [5.74, 6) is -0.872. The normalized spacial score (nSPS) is 11.9. The molecule has 0 aromatic heterocycles. The van der Waals surface area contributed by atoms with Gasteiger partial charge < -0.3 is 10.4 Å². The first-order chi connectivity index (χ1) is 8.81. The Morgan fingerprint density at radius 2 is 2.00 bits per heavy atom. The maximum absolute atomic E-state index is 11.0. The van der Waals surface area contributed by atoms with Crippen molar-refractivity contribution in [2.24, 2.45) is 0 Å². The molecule has 0 fully saturated rings. The number of benzene rings is 1. The molecule has 6 heteroatoms. The lowest BCUT2D eigenvalue weighted by Gasteiger charge is -2.15. The number of carbonyl (C=O) groups is 1. The summed E-state index contributed by atoms with van der Waals surface area (Å²) in [5, 5.41) is 22.6. The van der Waals surface area contributed by atoms with Crippen LogP contribution in [0.25, 0.3) is 0 Å². The molecule has 0 saturated heterocycles. The van der Waals surface area contributed by atoms with E-state index in [0.717, 1.165) is 11.1 Å². The smallest absolute Gasteiger partial charge is 0.303 e. The van der Waals surface area contributed by atoms with Crippen molar-refractivity contribution in [2.45, 2.75) is 39.7 Å². The van der Waals surface area contributed by atoms with Crippen LogP contribution >= 0.6 is 0 Å². The van der Waals surface area contributed by atoms with Gasteiger partial charge in [0.2, 0.25) is 0 Å². The number of anilines is 1. The van der Waals surface area contributed by atoms with Crippen molar-refractivity contribution in [2.75, 3.05) is 5.32 Å². The van der Waals surface area contributed by atoms with Gasteiger partial charge in [0.05, 0.1) is 4.92 Å². The van der Waals surface area contributed by atoms with E-state index in [1.807, 2.05) is 20.8 Å². The quantitative estimate of drug-likeness (QED) is 0.610. The van der Waals surface area contributed by atoms with E-state index in [1.165, 1.54) is 6.07 Å². The van der Waals surface area contributed by atoms with Gasteiger partial charge in [0.25, 0.3) is 5.69 Å². The fourth-order valence-electron chi connectivity index (χ4n) is 1.75. The van der Waals surface area contributed by atoms with Gasteiger partial charge in [-0.1, -0.05) is 0 Å². The van der Waals surface area contributed by atoms with Crippen molar-refractivity contribution in [1.29, 1.82) is 0 Å². The average Bonchev–Trinajstić information content (AvgIpc) is 2.30. The molecule has 2 N–H and O–H groups in total. The molecule has 6 nitrogen and oxygen atoms in total. The third kappa shape index (κ3) is 4.24. The Morgan fingerprint density at radius 3 is 2.53 bits per heavy atom. The molecule has 19 heavy (non-hydrogen) atoms. The lowest BCUT2D eigenvalue weighted by Crippen LogP contribution is -2.17. The second kappa shape index (κ2) is 6.17. The molecule has 0 heterocycles. The number of nitro groups is 1. The van der Waals surface area contributed by atoms with E-state index >= 15 is 0 Å². The van der Waals surface area contributed by atoms with Gasteiger partial charge in [-0.25, -0.2) is 0 Å². The molecule has 1 unspecified atom stereocenters. The zero-order chi connectivity index (χ0) is 14.6. The zero-order valence-corrected chi connectivity index (χ0v) is 11.3. The molecule has 1 aromatic rings. The van der Waals surface area contributed by atoms with Crippen LogP contribution in [0.2, 0.25) is 0 Å². The number of aliphatic carboxylic acids is 1. The number of hydrogen-bond acceptors (Lipinski definition) is 4. The minimum Gasteiger partial charge on any atom is -0.481 e. The molecule has 0 bridgehead atoms. The molecule has 0 saturated carbocycles. The number of hydrogen-bond donors (Lipinski definition) is 2. The average molecular weight is 266 g/mol. The Morgan fingerprint density at radius 1 is 1.42 bits per heavy atom. The monoisotopic (exact) mass is 266 g/mol. The number of carboxylic acid groups (broad SMARTS) is 1. The summed E-state index contributed by atoms with van der Waals surface area (Å²) in [6, 6.07) is 3.11. The number of nitrogens with zero attached hydrogens (tertiary/aromatic N) is 1. The van der Waals surface area contributed by atoms with Gasteiger partial charge in [0.15, 0.2) is 0 Å². The van der Waals surface area contributed by atoms with Crippen LogP contribution in [0.4, 0.5) is 11.4 Å². The predicted molar refractivity (Wildman–Crippen MR) is 72.5 cm³/mol. The van der Waals surface area contributed by atoms with Gasteiger partial charge in [0.1, 0.15) is 5.69 Å². The highest BCUT2D eigenvalue weighted by atomic mass is 16.6. The van der Waals surface area contributed by atoms with Crippen molar-refractivity contribution < 1.29 is 14.8 Å². The van der Waals surface area contributed by atoms with Gasteiger partial charge in [-0.3, -0.25) is 14.9 Å². The van der Waals surface area contributed by atoms with Crippen LogP contribution in [-0.2, 0) is 4.79 Å². The molecular formula is C13H18N2O4. The first kappa shape index (κ1) is 14.9. The first-order valence-corrected chi connectivity index (χ1v) is 6.05. The van der Waals surface area contributed by atoms with E-state index in [9.17, 15) is 14.9 Å². The summed E-state index contributed by atoms with van der Waals surface area (Å²) in [7, 11) is 0. The lowest BCUT2D eigenvalue weighted by atomic mass is 10.1. The SMILES string of the molecule is Cc1cc(NC(C)CCC(=O)O)c([N+](=O)[O-])cc1C. The first-order valence-electron chi connectivity index (χ1n) is 6.05. The number of carboxylic acids is 1. The number of aryl methyl sites for hydroxylation is 2. The highest BCUT2D eigenvalue weighted by molar-refractivity contribution is 5.67. The maximum Gasteiger partial charge on any atom is 0.303 e. The van der Waals surface area contributed by atoms with Crippen LogP contribution in [0.5, 0.6) is 0 Å². The predicted octanol–water partition coefficient (Wildman–Crippen LogP) is 2.88. The van der Waals surface area contributed by atoms with E-state index in [2.05, 4.69) is 5.32 Å². The highest BCUT2D eigenvalue weighted by Gasteiger charge is 2.17. The second-order valence-electron chi connectivity index (χ2n) is 4.69. The van der Waals surface area contributed by atoms with Gasteiger partial charge in [-0.05, 0) is 44.4 Å². The minimum atomic E-state index is -0.872. The molecule has 0 amide bonds. The molecule has 1 rings (SSSR count). The van der Waals surface area contributed by atoms with Crippen molar-refractivity contribution in [3.8, 4) is 0 Å². The summed E-state index contributed by atoms with van der Waals surface area (Å²) in [4.78, 5) is 21.1. The number of rotatable bonds is 6. The standard InChI is InChI=1S/C13H18N2O4/c1-8-6-11(12(15(18)19)7-9(8)2)14-10(3)4-5-13(16)17/h6-7,10,14H,4-5H2,1-3H3,(H,16,17). The molecule has 0 aliphatic heterocycles.